The van der Waals surface area contributed by atoms with Crippen molar-refractivity contribution in [2.75, 3.05) is 20.2 Å². The summed E-state index contributed by atoms with van der Waals surface area (Å²) in [5, 5.41) is 6.66. The van der Waals surface area contributed by atoms with Crippen LogP contribution in [0.25, 0.3) is 45.0 Å². The zero-order chi connectivity index (χ0) is 40.3. The smallest absolute Gasteiger partial charge is 0.407 e. The van der Waals surface area contributed by atoms with E-state index >= 15 is 0 Å². The number of rotatable bonds is 10. The predicted octanol–water partition coefficient (Wildman–Crippen LogP) is 8.53. The van der Waals surface area contributed by atoms with Gasteiger partial charge >= 0.3 is 6.09 Å². The number of hydrogen-bond donors (Lipinski definition) is 3. The van der Waals surface area contributed by atoms with Gasteiger partial charge in [0.05, 0.1) is 49.2 Å². The van der Waals surface area contributed by atoms with E-state index in [0.717, 1.165) is 70.7 Å². The third-order valence-corrected chi connectivity index (χ3v) is 11.3. The number of carbonyl (C=O) groups is 3. The molecule has 5 heterocycles. The molecule has 4 aromatic carbocycles. The average molecular weight is 787 g/mol. The maximum Gasteiger partial charge on any atom is 0.407 e. The summed E-state index contributed by atoms with van der Waals surface area (Å²) in [4.78, 5) is 59.9. The molecule has 7 aromatic rings. The monoisotopic (exact) mass is 786 g/mol. The number of imidazole rings is 2. The van der Waals surface area contributed by atoms with E-state index < -0.39 is 12.1 Å². The highest BCUT2D eigenvalue weighted by Gasteiger charge is 2.37. The van der Waals surface area contributed by atoms with Crippen LogP contribution >= 0.6 is 0 Å². The molecule has 3 aromatic heterocycles. The van der Waals surface area contributed by atoms with Crippen LogP contribution in [-0.4, -0.2) is 73.0 Å². The second-order valence-electron chi connectivity index (χ2n) is 14.8. The molecule has 0 saturated carbocycles. The molecule has 2 saturated heterocycles. The molecule has 2 fully saturated rings. The normalized spacial score (nSPS) is 16.9. The molecule has 0 bridgehead atoms. The molecule has 0 aliphatic carbocycles. The van der Waals surface area contributed by atoms with Gasteiger partial charge < -0.3 is 34.3 Å². The molecular formula is C46H42N8O5. The molecule has 13 heteroatoms. The average Bonchev–Trinajstić information content (AvgIpc) is 4.15. The molecule has 2 aliphatic heterocycles. The Bertz CT molecular complexity index is 2570. The lowest BCUT2D eigenvalue weighted by atomic mass is 10.0. The van der Waals surface area contributed by atoms with Crippen LogP contribution in [0.4, 0.5) is 4.79 Å². The van der Waals surface area contributed by atoms with Crippen molar-refractivity contribution in [1.29, 1.82) is 0 Å². The Labute approximate surface area is 340 Å². The molecule has 0 spiro atoms. The number of methoxy groups -OCH3 is 1. The Kier molecular flexibility index (Phi) is 10.3. The van der Waals surface area contributed by atoms with Gasteiger partial charge in [0.2, 0.25) is 0 Å². The summed E-state index contributed by atoms with van der Waals surface area (Å²) >= 11 is 0. The molecular weight excluding hydrogens is 745 g/mol. The standard InChI is InChI=1S/C46H42N8O5/c1-58-46(57)52-40(33-10-4-2-5-11-33)45(56)54-25-9-15-39(54)43-48-28-37(51-43)32-22-18-30(19-23-32)29-16-20-31(21-17-29)36-27-47-42(50-36)38-14-8-24-53(38)44(55)35-26-49-59-41(35)34-12-6-3-7-13-34/h2-7,10-13,16-23,26-28,38-40H,8-9,14-15,24-25H2,1H3,(H,47,50)(H,48,51)(H,52,57)/t38-,39-,40+/m0/s1. The van der Waals surface area contributed by atoms with E-state index in [-0.39, 0.29) is 23.9 Å². The van der Waals surface area contributed by atoms with E-state index in [2.05, 4.69) is 69.0 Å². The van der Waals surface area contributed by atoms with Gasteiger partial charge in [-0.25, -0.2) is 14.8 Å². The number of hydrogen-bond acceptors (Lipinski definition) is 8. The van der Waals surface area contributed by atoms with Crippen LogP contribution in [0.5, 0.6) is 0 Å². The largest absolute Gasteiger partial charge is 0.453 e. The lowest BCUT2D eigenvalue weighted by Crippen LogP contribution is -2.42. The van der Waals surface area contributed by atoms with Gasteiger partial charge in [-0.3, -0.25) is 9.59 Å². The fraction of sp³-hybridized carbons (Fsp3) is 0.217. The van der Waals surface area contributed by atoms with Gasteiger partial charge in [-0.05, 0) is 53.5 Å². The summed E-state index contributed by atoms with van der Waals surface area (Å²) in [6.07, 6.45) is 7.73. The highest BCUT2D eigenvalue weighted by molar-refractivity contribution is 5.99. The minimum absolute atomic E-state index is 0.120. The molecule has 3 atom stereocenters. The van der Waals surface area contributed by atoms with Crippen molar-refractivity contribution >= 4 is 17.9 Å². The summed E-state index contributed by atoms with van der Waals surface area (Å²) in [7, 11) is 1.28. The number of amides is 3. The van der Waals surface area contributed by atoms with Crippen LogP contribution in [-0.2, 0) is 9.53 Å². The molecule has 3 N–H and O–H groups in total. The van der Waals surface area contributed by atoms with Crippen LogP contribution < -0.4 is 5.32 Å². The summed E-state index contributed by atoms with van der Waals surface area (Å²) in [5.74, 6) is 1.60. The molecule has 9 rings (SSSR count). The quantitative estimate of drug-likeness (QED) is 0.124. The van der Waals surface area contributed by atoms with Crippen molar-refractivity contribution in [1.82, 2.24) is 40.2 Å². The van der Waals surface area contributed by atoms with Crippen molar-refractivity contribution < 1.29 is 23.6 Å². The molecule has 0 radical (unpaired) electrons. The van der Waals surface area contributed by atoms with Gasteiger partial charge in [0.1, 0.15) is 23.3 Å². The maximum absolute atomic E-state index is 13.9. The van der Waals surface area contributed by atoms with Gasteiger partial charge in [0, 0.05) is 18.7 Å². The minimum atomic E-state index is -0.877. The number of ether oxygens (including phenoxy) is 1. The number of nitrogens with one attached hydrogen (secondary N) is 3. The lowest BCUT2D eigenvalue weighted by molar-refractivity contribution is -0.134. The molecule has 2 aliphatic rings. The highest BCUT2D eigenvalue weighted by atomic mass is 16.5. The van der Waals surface area contributed by atoms with Gasteiger partial charge in [-0.2, -0.15) is 0 Å². The van der Waals surface area contributed by atoms with Gasteiger partial charge in [-0.1, -0.05) is 114 Å². The Morgan fingerprint density at radius 2 is 1.20 bits per heavy atom. The number of carbonyl (C=O) groups excluding carboxylic acids is 3. The van der Waals surface area contributed by atoms with Crippen molar-refractivity contribution in [2.45, 2.75) is 43.8 Å². The third kappa shape index (κ3) is 7.50. The number of aromatic amines is 2. The van der Waals surface area contributed by atoms with E-state index in [1.807, 2.05) is 71.8 Å². The second kappa shape index (κ2) is 16.3. The van der Waals surface area contributed by atoms with Crippen LogP contribution in [0.2, 0.25) is 0 Å². The summed E-state index contributed by atoms with van der Waals surface area (Å²) in [6.45, 7) is 1.18. The Balaban J connectivity index is 0.860. The van der Waals surface area contributed by atoms with Crippen molar-refractivity contribution in [3.63, 3.8) is 0 Å². The summed E-state index contributed by atoms with van der Waals surface area (Å²) in [5.41, 5.74) is 7.76. The van der Waals surface area contributed by atoms with Crippen molar-refractivity contribution in [3.05, 3.63) is 151 Å². The predicted molar refractivity (Wildman–Crippen MR) is 220 cm³/mol. The number of aromatic nitrogens is 5. The SMILES string of the molecule is COC(=O)N[C@@H](C(=O)N1CCC[C@H]1c1ncc(-c2ccc(-c3ccc(-c4cnc([C@@H]5CCCN5C(=O)c5cnoc5-c5ccccc5)[nH]4)cc3)cc2)[nH]1)c1ccccc1. The highest BCUT2D eigenvalue weighted by Crippen LogP contribution is 2.37. The van der Waals surface area contributed by atoms with Crippen LogP contribution in [0.15, 0.2) is 132 Å². The first-order chi connectivity index (χ1) is 28.9. The molecule has 296 valence electrons. The topological polar surface area (TPSA) is 162 Å². The summed E-state index contributed by atoms with van der Waals surface area (Å²) in [6, 6.07) is 34.0. The lowest BCUT2D eigenvalue weighted by Gasteiger charge is -2.28. The molecule has 3 amide bonds. The Morgan fingerprint density at radius 1 is 0.678 bits per heavy atom. The minimum Gasteiger partial charge on any atom is -0.453 e. The van der Waals surface area contributed by atoms with E-state index in [1.165, 1.54) is 13.3 Å². The zero-order valence-corrected chi connectivity index (χ0v) is 32.4. The molecule has 0 unspecified atom stereocenters. The fourth-order valence-electron chi connectivity index (χ4n) is 8.22. The summed E-state index contributed by atoms with van der Waals surface area (Å²) < 4.78 is 10.3. The number of H-pyrrole nitrogens is 2. The zero-order valence-electron chi connectivity index (χ0n) is 32.4. The first kappa shape index (κ1) is 37.3. The fourth-order valence-corrected chi connectivity index (χ4v) is 8.22. The van der Waals surface area contributed by atoms with Crippen LogP contribution in [0.1, 0.15) is 71.4 Å². The van der Waals surface area contributed by atoms with Gasteiger partial charge in [0.15, 0.2) is 5.76 Å². The van der Waals surface area contributed by atoms with E-state index in [1.54, 1.807) is 11.1 Å². The van der Waals surface area contributed by atoms with Crippen molar-refractivity contribution in [2.24, 2.45) is 0 Å². The number of alkyl carbamates (subject to hydrolysis) is 1. The maximum atomic E-state index is 13.9. The molecule has 13 nitrogen and oxygen atoms in total. The van der Waals surface area contributed by atoms with Gasteiger partial charge in [-0.15, -0.1) is 0 Å². The van der Waals surface area contributed by atoms with E-state index in [0.29, 0.717) is 35.8 Å². The Morgan fingerprint density at radius 3 is 1.78 bits per heavy atom. The number of benzene rings is 4. The molecule has 59 heavy (non-hydrogen) atoms. The second-order valence-corrected chi connectivity index (χ2v) is 14.8. The Hall–Kier alpha value is -7.28. The number of nitrogens with zero attached hydrogens (tertiary/aromatic N) is 5. The van der Waals surface area contributed by atoms with Crippen molar-refractivity contribution in [3.8, 4) is 45.0 Å². The van der Waals surface area contributed by atoms with Crippen LogP contribution in [0.3, 0.4) is 0 Å². The first-order valence-corrected chi connectivity index (χ1v) is 19.8. The first-order valence-electron chi connectivity index (χ1n) is 19.8. The number of likely N-dealkylation sites (tertiary alicyclic amines) is 2. The van der Waals surface area contributed by atoms with E-state index in [4.69, 9.17) is 19.2 Å². The van der Waals surface area contributed by atoms with Crippen LogP contribution in [0, 0.1) is 0 Å². The van der Waals surface area contributed by atoms with E-state index in [9.17, 15) is 14.4 Å². The van der Waals surface area contributed by atoms with Gasteiger partial charge in [0.25, 0.3) is 11.8 Å². The third-order valence-electron chi connectivity index (χ3n) is 11.3.